The molecule has 6 saturated carbocycles. The average molecular weight is 463 g/mol. The molecule has 6 aliphatic rings. The van der Waals surface area contributed by atoms with E-state index in [0.717, 1.165) is 17.6 Å². The number of amides is 1. The number of hydrogen-bond donors (Lipinski definition) is 1. The van der Waals surface area contributed by atoms with Gasteiger partial charge in [-0.2, -0.15) is 0 Å². The minimum atomic E-state index is 0.187. The second-order valence-electron chi connectivity index (χ2n) is 13.6. The van der Waals surface area contributed by atoms with Crippen molar-refractivity contribution in [2.45, 2.75) is 171 Å². The molecule has 0 spiro atoms. The van der Waals surface area contributed by atoms with Crippen molar-refractivity contribution in [1.29, 1.82) is 0 Å². The standard InChI is InChI=1S/C30H51B2NO/c34-28(32-27-17-9-5-2-6-10-18-27)33-30-21-29(22-30,23-30)24-13-11-19-26(20-12-14-24)31-25-15-7-3-1-4-8-16-25/h24-27H,1-23H2,(H,33,34). The molecule has 0 aromatic heterocycles. The summed E-state index contributed by atoms with van der Waals surface area (Å²) in [6.45, 7) is 0. The first-order valence-electron chi connectivity index (χ1n) is 15.7. The fraction of sp³-hybridized carbons (Fsp3) is 0.967. The second-order valence-corrected chi connectivity index (χ2v) is 13.6. The van der Waals surface area contributed by atoms with Crippen LogP contribution in [-0.4, -0.2) is 25.9 Å². The van der Waals surface area contributed by atoms with E-state index in [0.29, 0.717) is 11.2 Å². The van der Waals surface area contributed by atoms with Crippen molar-refractivity contribution < 1.29 is 4.79 Å². The van der Waals surface area contributed by atoms with Crippen LogP contribution in [0.2, 0.25) is 17.5 Å². The quantitative estimate of drug-likeness (QED) is 0.392. The van der Waals surface area contributed by atoms with Crippen LogP contribution in [-0.2, 0) is 0 Å². The highest BCUT2D eigenvalue weighted by Gasteiger charge is 2.70. The van der Waals surface area contributed by atoms with Crippen LogP contribution < -0.4 is 5.32 Å². The highest BCUT2D eigenvalue weighted by atomic mass is 16.1. The molecule has 1 amide bonds. The molecule has 0 atom stereocenters. The Bertz CT molecular complexity index is 620. The van der Waals surface area contributed by atoms with E-state index < -0.39 is 0 Å². The lowest BCUT2D eigenvalue weighted by Crippen LogP contribution is -2.76. The van der Waals surface area contributed by atoms with Crippen molar-refractivity contribution in [3.63, 3.8) is 0 Å². The van der Waals surface area contributed by atoms with Gasteiger partial charge in [0.1, 0.15) is 7.28 Å². The number of carbonyl (C=O) groups is 1. The van der Waals surface area contributed by atoms with Gasteiger partial charge in [0.05, 0.1) is 0 Å². The highest BCUT2D eigenvalue weighted by molar-refractivity contribution is 6.74. The van der Waals surface area contributed by atoms with Crippen molar-refractivity contribution in [2.24, 2.45) is 11.3 Å². The van der Waals surface area contributed by atoms with Gasteiger partial charge in [0.25, 0.3) is 0 Å². The molecular weight excluding hydrogens is 412 g/mol. The molecule has 2 bridgehead atoms. The lowest BCUT2D eigenvalue weighted by atomic mass is 9.34. The Morgan fingerprint density at radius 2 is 1.00 bits per heavy atom. The molecule has 0 heterocycles. The summed E-state index contributed by atoms with van der Waals surface area (Å²) in [5.74, 6) is 3.53. The van der Waals surface area contributed by atoms with Gasteiger partial charge in [-0.1, -0.05) is 133 Å². The Labute approximate surface area is 212 Å². The third-order valence-electron chi connectivity index (χ3n) is 10.8. The van der Waals surface area contributed by atoms with Crippen molar-refractivity contribution in [1.82, 2.24) is 5.32 Å². The fourth-order valence-electron chi connectivity index (χ4n) is 9.01. The molecule has 1 N–H and O–H groups in total. The molecule has 0 aromatic rings. The molecule has 2 radical (unpaired) electrons. The molecule has 6 rings (SSSR count). The van der Waals surface area contributed by atoms with E-state index in [9.17, 15) is 4.79 Å². The monoisotopic (exact) mass is 463 g/mol. The zero-order chi connectivity index (χ0) is 23.3. The molecule has 0 aliphatic heterocycles. The summed E-state index contributed by atoms with van der Waals surface area (Å²) in [6.07, 6.45) is 32.0. The smallest absolute Gasteiger partial charge is 0.236 e. The van der Waals surface area contributed by atoms with Crippen molar-refractivity contribution >= 4 is 20.4 Å². The number of carbonyl (C=O) groups excluding carboxylic acids is 1. The number of hydrogen-bond acceptors (Lipinski definition) is 1. The lowest BCUT2D eigenvalue weighted by Gasteiger charge is -2.74. The maximum atomic E-state index is 12.8. The van der Waals surface area contributed by atoms with Gasteiger partial charge in [0, 0.05) is 5.54 Å². The van der Waals surface area contributed by atoms with Crippen LogP contribution in [0.4, 0.5) is 4.79 Å². The zero-order valence-electron chi connectivity index (χ0n) is 22.1. The molecule has 6 aliphatic carbocycles. The predicted molar refractivity (Wildman–Crippen MR) is 146 cm³/mol. The van der Waals surface area contributed by atoms with E-state index in [1.807, 2.05) is 0 Å². The largest absolute Gasteiger partial charge is 0.360 e. The van der Waals surface area contributed by atoms with E-state index in [-0.39, 0.29) is 11.3 Å². The topological polar surface area (TPSA) is 29.1 Å². The summed E-state index contributed by atoms with van der Waals surface area (Å²) < 4.78 is 0. The van der Waals surface area contributed by atoms with Crippen LogP contribution in [0.3, 0.4) is 0 Å². The Balaban J connectivity index is 1.01. The highest BCUT2D eigenvalue weighted by Crippen LogP contribution is 2.72. The van der Waals surface area contributed by atoms with E-state index >= 15 is 0 Å². The Kier molecular flexibility index (Phi) is 8.74. The minimum Gasteiger partial charge on any atom is -0.360 e. The first-order valence-corrected chi connectivity index (χ1v) is 15.7. The lowest BCUT2D eigenvalue weighted by molar-refractivity contribution is -0.188. The van der Waals surface area contributed by atoms with Gasteiger partial charge < -0.3 is 5.32 Å². The molecule has 0 aromatic carbocycles. The van der Waals surface area contributed by atoms with E-state index in [2.05, 4.69) is 19.9 Å². The van der Waals surface area contributed by atoms with E-state index in [1.165, 1.54) is 148 Å². The first kappa shape index (κ1) is 25.3. The second kappa shape index (κ2) is 11.8. The Morgan fingerprint density at radius 3 is 1.53 bits per heavy atom. The third-order valence-corrected chi connectivity index (χ3v) is 10.8. The van der Waals surface area contributed by atoms with E-state index in [4.69, 9.17) is 0 Å². The molecule has 188 valence electrons. The SMILES string of the molecule is O=C([B]C1CCCCCCC1)NC12CC(C3CCCC([B]C4CCCCCCC4)CCC3)(C1)C2. The van der Waals surface area contributed by atoms with Crippen molar-refractivity contribution in [3.8, 4) is 0 Å². The molecule has 0 saturated heterocycles. The van der Waals surface area contributed by atoms with Crippen LogP contribution in [0.25, 0.3) is 0 Å². The molecule has 0 unspecified atom stereocenters. The zero-order valence-corrected chi connectivity index (χ0v) is 22.1. The van der Waals surface area contributed by atoms with Gasteiger partial charge in [-0.05, 0) is 43.4 Å². The van der Waals surface area contributed by atoms with E-state index in [1.54, 1.807) is 0 Å². The van der Waals surface area contributed by atoms with Crippen LogP contribution in [0, 0.1) is 11.3 Å². The van der Waals surface area contributed by atoms with Gasteiger partial charge >= 0.3 is 0 Å². The predicted octanol–water partition coefficient (Wildman–Crippen LogP) is 8.85. The van der Waals surface area contributed by atoms with Crippen LogP contribution in [0.5, 0.6) is 0 Å². The van der Waals surface area contributed by atoms with Gasteiger partial charge in [-0.3, -0.25) is 4.79 Å². The third kappa shape index (κ3) is 6.29. The molecule has 2 nitrogen and oxygen atoms in total. The van der Waals surface area contributed by atoms with Crippen molar-refractivity contribution in [2.75, 3.05) is 0 Å². The normalized spacial score (nSPS) is 38.4. The Hall–Kier alpha value is -0.400. The van der Waals surface area contributed by atoms with Crippen molar-refractivity contribution in [3.05, 3.63) is 0 Å². The molecule has 34 heavy (non-hydrogen) atoms. The van der Waals surface area contributed by atoms with Gasteiger partial charge in [-0.15, -0.1) is 0 Å². The first-order chi connectivity index (χ1) is 16.6. The summed E-state index contributed by atoms with van der Waals surface area (Å²) in [5.41, 5.74) is 0.787. The summed E-state index contributed by atoms with van der Waals surface area (Å²) in [4.78, 5) is 12.8. The van der Waals surface area contributed by atoms with Gasteiger partial charge in [-0.25, -0.2) is 0 Å². The minimum absolute atomic E-state index is 0.187. The number of rotatable bonds is 6. The maximum absolute atomic E-state index is 12.8. The van der Waals surface area contributed by atoms with Crippen LogP contribution >= 0.6 is 0 Å². The molecule has 4 heteroatoms. The van der Waals surface area contributed by atoms with Gasteiger partial charge in [0.15, 0.2) is 5.81 Å². The summed E-state index contributed by atoms with van der Waals surface area (Å²) in [7, 11) is 4.89. The Morgan fingerprint density at radius 1 is 0.559 bits per heavy atom. The molecule has 6 fully saturated rings. The van der Waals surface area contributed by atoms with Crippen LogP contribution in [0.1, 0.15) is 148 Å². The van der Waals surface area contributed by atoms with Crippen LogP contribution in [0.15, 0.2) is 0 Å². The molecular formula is C30H51B2NO. The number of nitrogens with one attached hydrogen (secondary N) is 1. The average Bonchev–Trinajstić information content (AvgIpc) is 2.69. The summed E-state index contributed by atoms with van der Waals surface area (Å²) in [6, 6.07) is 0. The maximum Gasteiger partial charge on any atom is 0.236 e. The fourth-order valence-corrected chi connectivity index (χ4v) is 9.01. The van der Waals surface area contributed by atoms with Gasteiger partial charge in [0.2, 0.25) is 7.28 Å². The summed E-state index contributed by atoms with van der Waals surface area (Å²) in [5, 5.41) is 3.50. The summed E-state index contributed by atoms with van der Waals surface area (Å²) >= 11 is 0.